The molecular weight excluding hydrogens is 410 g/mol. The molecule has 29 heavy (non-hydrogen) atoms. The van der Waals surface area contributed by atoms with E-state index < -0.39 is 0 Å². The maximum absolute atomic E-state index is 12.3. The highest BCUT2D eigenvalue weighted by molar-refractivity contribution is 8.00. The molecule has 0 aliphatic rings. The second-order valence-electron chi connectivity index (χ2n) is 6.51. The summed E-state index contributed by atoms with van der Waals surface area (Å²) in [5.74, 6) is 1.44. The largest absolute Gasteiger partial charge is 0.497 e. The van der Waals surface area contributed by atoms with Crippen molar-refractivity contribution in [1.29, 1.82) is 0 Å². The first-order chi connectivity index (χ1) is 13.9. The molecule has 2 aromatic heterocycles. The summed E-state index contributed by atoms with van der Waals surface area (Å²) in [6.07, 6.45) is 1.48. The van der Waals surface area contributed by atoms with Gasteiger partial charge >= 0.3 is 0 Å². The van der Waals surface area contributed by atoms with Gasteiger partial charge in [0.2, 0.25) is 5.91 Å². The number of hydrogen-bond acceptors (Lipinski definition) is 5. The van der Waals surface area contributed by atoms with Crippen LogP contribution < -0.4 is 10.1 Å². The Kier molecular flexibility index (Phi) is 6.71. The number of halogens is 1. The number of hydrogen-bond donors (Lipinski definition) is 2. The van der Waals surface area contributed by atoms with E-state index in [9.17, 15) is 9.90 Å². The van der Waals surface area contributed by atoms with Crippen LogP contribution in [0.3, 0.4) is 0 Å². The molecule has 3 aromatic rings. The van der Waals surface area contributed by atoms with Crippen molar-refractivity contribution in [2.75, 3.05) is 18.2 Å². The minimum Gasteiger partial charge on any atom is -0.497 e. The molecule has 2 N–H and O–H groups in total. The zero-order valence-corrected chi connectivity index (χ0v) is 18.0. The summed E-state index contributed by atoms with van der Waals surface area (Å²) < 4.78 is 7.02. The summed E-state index contributed by atoms with van der Waals surface area (Å²) >= 11 is 7.19. The molecule has 152 valence electrons. The Balaban J connectivity index is 1.73. The van der Waals surface area contributed by atoms with Crippen molar-refractivity contribution < 1.29 is 14.6 Å². The standard InChI is InChI=1S/C21H22ClN3O3S/c1-13-14(2)21(29-12-19(26)24-18-9-6-16(22)10-23-18)25(20(13)27)11-15-4-7-17(28-3)8-5-15/h4-10,27H,11-12H2,1-3H3,(H,23,24,26). The molecule has 1 aromatic carbocycles. The van der Waals surface area contributed by atoms with Crippen molar-refractivity contribution in [3.63, 3.8) is 0 Å². The lowest BCUT2D eigenvalue weighted by molar-refractivity contribution is -0.113. The first-order valence-electron chi connectivity index (χ1n) is 8.94. The normalized spacial score (nSPS) is 10.8. The van der Waals surface area contributed by atoms with Crippen LogP contribution in [0, 0.1) is 13.8 Å². The predicted octanol–water partition coefficient (Wildman–Crippen LogP) is 4.65. The van der Waals surface area contributed by atoms with Crippen LogP contribution in [0.2, 0.25) is 5.02 Å². The SMILES string of the molecule is COc1ccc(Cn2c(O)c(C)c(C)c2SCC(=O)Nc2ccc(Cl)cn2)cc1. The zero-order valence-electron chi connectivity index (χ0n) is 16.4. The van der Waals surface area contributed by atoms with Gasteiger partial charge in [-0.1, -0.05) is 35.5 Å². The number of nitrogens with zero attached hydrogens (tertiary/aromatic N) is 2. The molecule has 0 radical (unpaired) electrons. The van der Waals surface area contributed by atoms with Gasteiger partial charge in [0.1, 0.15) is 11.6 Å². The topological polar surface area (TPSA) is 76.4 Å². The number of ether oxygens (including phenoxy) is 1. The summed E-state index contributed by atoms with van der Waals surface area (Å²) in [7, 11) is 1.62. The molecule has 2 heterocycles. The van der Waals surface area contributed by atoms with E-state index >= 15 is 0 Å². The summed E-state index contributed by atoms with van der Waals surface area (Å²) in [4.78, 5) is 16.4. The highest BCUT2D eigenvalue weighted by Crippen LogP contribution is 2.35. The number of rotatable bonds is 7. The van der Waals surface area contributed by atoms with E-state index in [1.54, 1.807) is 19.2 Å². The van der Waals surface area contributed by atoms with Crippen LogP contribution in [0.4, 0.5) is 5.82 Å². The van der Waals surface area contributed by atoms with Crippen molar-refractivity contribution in [2.24, 2.45) is 0 Å². The number of nitrogens with one attached hydrogen (secondary N) is 1. The fourth-order valence-electron chi connectivity index (χ4n) is 2.84. The number of thioether (sulfide) groups is 1. The zero-order chi connectivity index (χ0) is 21.0. The summed E-state index contributed by atoms with van der Waals surface area (Å²) in [6.45, 7) is 4.31. The van der Waals surface area contributed by atoms with Gasteiger partial charge in [-0.3, -0.25) is 4.79 Å². The molecule has 0 unspecified atom stereocenters. The van der Waals surface area contributed by atoms with Crippen LogP contribution in [0.25, 0.3) is 0 Å². The molecule has 0 bridgehead atoms. The van der Waals surface area contributed by atoms with Gasteiger partial charge in [0.15, 0.2) is 5.88 Å². The fourth-order valence-corrected chi connectivity index (χ4v) is 3.97. The van der Waals surface area contributed by atoms with Crippen molar-refractivity contribution in [3.8, 4) is 11.6 Å². The molecule has 8 heteroatoms. The monoisotopic (exact) mass is 431 g/mol. The molecule has 0 saturated heterocycles. The highest BCUT2D eigenvalue weighted by Gasteiger charge is 2.19. The molecule has 3 rings (SSSR count). The third-order valence-electron chi connectivity index (χ3n) is 4.55. The molecule has 1 amide bonds. The predicted molar refractivity (Wildman–Crippen MR) is 116 cm³/mol. The van der Waals surface area contributed by atoms with Crippen LogP contribution in [0.1, 0.15) is 16.7 Å². The molecule has 0 aliphatic carbocycles. The molecule has 0 aliphatic heterocycles. The first-order valence-corrected chi connectivity index (χ1v) is 10.3. The Morgan fingerprint density at radius 1 is 1.21 bits per heavy atom. The van der Waals surface area contributed by atoms with Gasteiger partial charge in [0.25, 0.3) is 0 Å². The highest BCUT2D eigenvalue weighted by atomic mass is 35.5. The van der Waals surface area contributed by atoms with Crippen LogP contribution >= 0.6 is 23.4 Å². The quantitative estimate of drug-likeness (QED) is 0.532. The lowest BCUT2D eigenvalue weighted by Crippen LogP contribution is -2.15. The number of methoxy groups -OCH3 is 1. The minimum absolute atomic E-state index is 0.182. The number of carbonyl (C=O) groups is 1. The van der Waals surface area contributed by atoms with Crippen molar-refractivity contribution in [2.45, 2.75) is 25.4 Å². The average Bonchev–Trinajstić information content (AvgIpc) is 2.92. The van der Waals surface area contributed by atoms with E-state index in [1.165, 1.54) is 18.0 Å². The fraction of sp³-hybridized carbons (Fsp3) is 0.238. The Hall–Kier alpha value is -2.64. The number of aromatic nitrogens is 2. The summed E-state index contributed by atoms with van der Waals surface area (Å²) in [5.41, 5.74) is 2.78. The van der Waals surface area contributed by atoms with Crippen LogP contribution in [0.5, 0.6) is 11.6 Å². The molecule has 0 spiro atoms. The Morgan fingerprint density at radius 2 is 1.93 bits per heavy atom. The van der Waals surface area contributed by atoms with Gasteiger partial charge in [-0.05, 0) is 49.2 Å². The lowest BCUT2D eigenvalue weighted by Gasteiger charge is -2.12. The van der Waals surface area contributed by atoms with Gasteiger partial charge < -0.3 is 19.7 Å². The smallest absolute Gasteiger partial charge is 0.235 e. The third-order valence-corrected chi connectivity index (χ3v) is 5.98. The van der Waals surface area contributed by atoms with Gasteiger partial charge in [-0.2, -0.15) is 0 Å². The Morgan fingerprint density at radius 3 is 2.55 bits per heavy atom. The maximum atomic E-state index is 12.3. The molecular formula is C21H22ClN3O3S. The van der Waals surface area contributed by atoms with Crippen LogP contribution in [-0.4, -0.2) is 33.4 Å². The van der Waals surface area contributed by atoms with E-state index in [2.05, 4.69) is 10.3 Å². The van der Waals surface area contributed by atoms with Crippen molar-refractivity contribution in [1.82, 2.24) is 9.55 Å². The first kappa shape index (κ1) is 21.1. The van der Waals surface area contributed by atoms with Gasteiger partial charge in [-0.15, -0.1) is 0 Å². The molecule has 0 fully saturated rings. The minimum atomic E-state index is -0.182. The summed E-state index contributed by atoms with van der Waals surface area (Å²) in [5, 5.41) is 14.7. The van der Waals surface area contributed by atoms with Crippen molar-refractivity contribution in [3.05, 3.63) is 64.3 Å². The number of benzene rings is 1. The van der Waals surface area contributed by atoms with Gasteiger partial charge in [0, 0.05) is 11.8 Å². The van der Waals surface area contributed by atoms with Crippen molar-refractivity contribution >= 4 is 35.1 Å². The number of carbonyl (C=O) groups excluding carboxylic acids is 1. The van der Waals surface area contributed by atoms with E-state index in [4.69, 9.17) is 16.3 Å². The van der Waals surface area contributed by atoms with E-state index in [0.29, 0.717) is 17.4 Å². The molecule has 0 saturated carbocycles. The lowest BCUT2D eigenvalue weighted by atomic mass is 10.2. The van der Waals surface area contributed by atoms with E-state index in [-0.39, 0.29) is 17.5 Å². The number of aromatic hydroxyl groups is 1. The summed E-state index contributed by atoms with van der Waals surface area (Å²) in [6, 6.07) is 11.0. The maximum Gasteiger partial charge on any atom is 0.235 e. The third kappa shape index (κ3) is 5.05. The number of amides is 1. The van der Waals surface area contributed by atoms with Gasteiger partial charge in [-0.25, -0.2) is 4.98 Å². The second-order valence-corrected chi connectivity index (χ2v) is 7.91. The second kappa shape index (κ2) is 9.24. The van der Waals surface area contributed by atoms with Crippen LogP contribution in [-0.2, 0) is 11.3 Å². The molecule has 6 nitrogen and oxygen atoms in total. The van der Waals surface area contributed by atoms with Crippen LogP contribution in [0.15, 0.2) is 47.6 Å². The molecule has 0 atom stereocenters. The Labute approximate surface area is 178 Å². The van der Waals surface area contributed by atoms with E-state index in [0.717, 1.165) is 27.5 Å². The average molecular weight is 432 g/mol. The number of pyridine rings is 1. The number of anilines is 1. The Bertz CT molecular complexity index is 1000. The van der Waals surface area contributed by atoms with E-state index in [1.807, 2.05) is 42.7 Å². The van der Waals surface area contributed by atoms with Gasteiger partial charge in [0.05, 0.1) is 29.5 Å².